The van der Waals surface area contributed by atoms with E-state index in [-0.39, 0.29) is 12.1 Å². The maximum absolute atomic E-state index is 12.1. The van der Waals surface area contributed by atoms with Gasteiger partial charge in [-0.15, -0.1) is 0 Å². The van der Waals surface area contributed by atoms with Gasteiger partial charge in [-0.25, -0.2) is 4.79 Å². The summed E-state index contributed by atoms with van der Waals surface area (Å²) in [4.78, 5) is 15.9. The molecule has 0 radical (unpaired) electrons. The zero-order valence-corrected chi connectivity index (χ0v) is 15.3. The summed E-state index contributed by atoms with van der Waals surface area (Å²) < 4.78 is 5.43. The second-order valence-electron chi connectivity index (χ2n) is 7.11. The number of hydrogen-bond acceptors (Lipinski definition) is 4. The van der Waals surface area contributed by atoms with Crippen molar-refractivity contribution in [3.8, 4) is 0 Å². The van der Waals surface area contributed by atoms with Crippen molar-refractivity contribution < 1.29 is 9.53 Å². The summed E-state index contributed by atoms with van der Waals surface area (Å²) in [6, 6.07) is 5.99. The lowest BCUT2D eigenvalue weighted by molar-refractivity contribution is 0.0293. The summed E-state index contributed by atoms with van der Waals surface area (Å²) in [6.07, 6.45) is 0.638. The Balaban J connectivity index is 2.01. The molecule has 1 aromatic carbocycles. The highest BCUT2D eigenvalue weighted by molar-refractivity contribution is 6.31. The van der Waals surface area contributed by atoms with Crippen LogP contribution in [0.5, 0.6) is 0 Å². The third-order valence-corrected chi connectivity index (χ3v) is 3.88. The zero-order valence-electron chi connectivity index (χ0n) is 14.5. The van der Waals surface area contributed by atoms with Crippen LogP contribution in [0.25, 0.3) is 0 Å². The van der Waals surface area contributed by atoms with E-state index in [1.807, 2.05) is 58.0 Å². The molecule has 1 heterocycles. The highest BCUT2D eigenvalue weighted by Gasteiger charge is 2.30. The molecule has 1 amide bonds. The lowest BCUT2D eigenvalue weighted by Crippen LogP contribution is -2.36. The fraction of sp³-hybridized carbons (Fsp3) is 0.588. The minimum absolute atomic E-state index is 0.194. The number of nitrogens with zero attached hydrogens (tertiary/aromatic N) is 2. The van der Waals surface area contributed by atoms with Crippen LogP contribution in [0.3, 0.4) is 0 Å². The van der Waals surface area contributed by atoms with Gasteiger partial charge in [0.1, 0.15) is 5.60 Å². The number of rotatable bonds is 3. The van der Waals surface area contributed by atoms with Crippen LogP contribution in [0.1, 0.15) is 27.2 Å². The van der Waals surface area contributed by atoms with Gasteiger partial charge in [0.25, 0.3) is 0 Å². The van der Waals surface area contributed by atoms with Crippen molar-refractivity contribution in [1.82, 2.24) is 4.90 Å². The molecule has 0 saturated carbocycles. The first-order valence-electron chi connectivity index (χ1n) is 7.87. The first-order valence-corrected chi connectivity index (χ1v) is 8.25. The molecule has 0 bridgehead atoms. The molecule has 1 unspecified atom stereocenters. The van der Waals surface area contributed by atoms with Crippen molar-refractivity contribution in [2.45, 2.75) is 38.8 Å². The third-order valence-electron chi connectivity index (χ3n) is 3.64. The van der Waals surface area contributed by atoms with E-state index in [1.165, 1.54) is 0 Å². The fourth-order valence-corrected chi connectivity index (χ4v) is 2.78. The molecule has 1 aliphatic rings. The summed E-state index contributed by atoms with van der Waals surface area (Å²) >= 11 is 6.12. The van der Waals surface area contributed by atoms with E-state index in [0.29, 0.717) is 18.1 Å². The molecular weight excluding hydrogens is 314 g/mol. The van der Waals surface area contributed by atoms with Gasteiger partial charge >= 0.3 is 6.09 Å². The fourth-order valence-electron chi connectivity index (χ4n) is 2.60. The Labute approximate surface area is 143 Å². The molecule has 0 aromatic heterocycles. The van der Waals surface area contributed by atoms with Crippen LogP contribution < -0.4 is 10.2 Å². The minimum Gasteiger partial charge on any atom is -0.444 e. The summed E-state index contributed by atoms with van der Waals surface area (Å²) in [6.45, 7) is 6.98. The summed E-state index contributed by atoms with van der Waals surface area (Å²) in [5.41, 5.74) is 1.59. The number of halogens is 1. The Morgan fingerprint density at radius 3 is 2.70 bits per heavy atom. The minimum atomic E-state index is -0.465. The van der Waals surface area contributed by atoms with Gasteiger partial charge in [-0.05, 0) is 45.4 Å². The monoisotopic (exact) mass is 339 g/mol. The number of benzene rings is 1. The quantitative estimate of drug-likeness (QED) is 0.909. The molecule has 0 spiro atoms. The number of amides is 1. The van der Waals surface area contributed by atoms with Crippen LogP contribution in [-0.2, 0) is 4.74 Å². The first kappa shape index (κ1) is 17.7. The number of anilines is 2. The molecule has 128 valence electrons. The topological polar surface area (TPSA) is 44.8 Å². The standard InChI is InChI=1S/C17H26ClN3O2/c1-17(2,3)23-16(22)21-9-8-13(11-21)19-14-10-12(18)6-7-15(14)20(4)5/h6-7,10,13,19H,8-9,11H2,1-5H3. The Morgan fingerprint density at radius 1 is 1.39 bits per heavy atom. The molecule has 23 heavy (non-hydrogen) atoms. The van der Waals surface area contributed by atoms with Crippen molar-refractivity contribution in [3.63, 3.8) is 0 Å². The zero-order chi connectivity index (χ0) is 17.2. The summed E-state index contributed by atoms with van der Waals surface area (Å²) in [5, 5.41) is 4.20. The molecular formula is C17H26ClN3O2. The second-order valence-corrected chi connectivity index (χ2v) is 7.55. The van der Waals surface area contributed by atoms with Gasteiger partial charge in [0.05, 0.1) is 11.4 Å². The van der Waals surface area contributed by atoms with Crippen LogP contribution in [0.2, 0.25) is 5.02 Å². The molecule has 1 atom stereocenters. The highest BCUT2D eigenvalue weighted by Crippen LogP contribution is 2.29. The Kier molecular flexibility index (Phi) is 5.30. The maximum Gasteiger partial charge on any atom is 0.410 e. The van der Waals surface area contributed by atoms with Crippen LogP contribution in [-0.4, -0.2) is 49.8 Å². The number of hydrogen-bond donors (Lipinski definition) is 1. The SMILES string of the molecule is CN(C)c1ccc(Cl)cc1NC1CCN(C(=O)OC(C)(C)C)C1. The van der Waals surface area contributed by atoms with Crippen molar-refractivity contribution >= 4 is 29.1 Å². The van der Waals surface area contributed by atoms with E-state index >= 15 is 0 Å². The molecule has 1 N–H and O–H groups in total. The molecule has 1 saturated heterocycles. The van der Waals surface area contributed by atoms with E-state index in [9.17, 15) is 4.79 Å². The smallest absolute Gasteiger partial charge is 0.410 e. The molecule has 1 aliphatic heterocycles. The molecule has 1 fully saturated rings. The number of carbonyl (C=O) groups is 1. The van der Waals surface area contributed by atoms with E-state index in [4.69, 9.17) is 16.3 Å². The van der Waals surface area contributed by atoms with Gasteiger partial charge < -0.3 is 19.9 Å². The molecule has 0 aliphatic carbocycles. The average molecular weight is 340 g/mol. The Hall–Kier alpha value is -1.62. The van der Waals surface area contributed by atoms with Gasteiger partial charge in [-0.3, -0.25) is 0 Å². The Morgan fingerprint density at radius 2 is 2.09 bits per heavy atom. The van der Waals surface area contributed by atoms with Crippen LogP contribution in [0.15, 0.2) is 18.2 Å². The summed E-state index contributed by atoms with van der Waals surface area (Å²) in [5.74, 6) is 0. The number of carbonyl (C=O) groups excluding carboxylic acids is 1. The molecule has 6 heteroatoms. The predicted molar refractivity (Wildman–Crippen MR) is 95.6 cm³/mol. The van der Waals surface area contributed by atoms with Gasteiger partial charge in [0.2, 0.25) is 0 Å². The van der Waals surface area contributed by atoms with Crippen molar-refractivity contribution in [1.29, 1.82) is 0 Å². The highest BCUT2D eigenvalue weighted by atomic mass is 35.5. The van der Waals surface area contributed by atoms with E-state index in [0.717, 1.165) is 17.8 Å². The van der Waals surface area contributed by atoms with Crippen molar-refractivity contribution in [2.24, 2.45) is 0 Å². The Bertz CT molecular complexity index is 569. The summed E-state index contributed by atoms with van der Waals surface area (Å²) in [7, 11) is 3.99. The number of likely N-dealkylation sites (tertiary alicyclic amines) is 1. The molecule has 1 aromatic rings. The maximum atomic E-state index is 12.1. The van der Waals surface area contributed by atoms with E-state index < -0.39 is 5.60 Å². The molecule has 2 rings (SSSR count). The van der Waals surface area contributed by atoms with Gasteiger partial charge in [-0.1, -0.05) is 11.6 Å². The average Bonchev–Trinajstić information content (AvgIpc) is 2.85. The number of nitrogens with one attached hydrogen (secondary N) is 1. The first-order chi connectivity index (χ1) is 10.7. The lowest BCUT2D eigenvalue weighted by Gasteiger charge is -2.25. The molecule has 5 nitrogen and oxygen atoms in total. The van der Waals surface area contributed by atoms with E-state index in [1.54, 1.807) is 4.90 Å². The lowest BCUT2D eigenvalue weighted by atomic mass is 10.2. The van der Waals surface area contributed by atoms with Crippen molar-refractivity contribution in [3.05, 3.63) is 23.2 Å². The third kappa shape index (κ3) is 4.93. The van der Waals surface area contributed by atoms with Crippen LogP contribution in [0.4, 0.5) is 16.2 Å². The van der Waals surface area contributed by atoms with Crippen LogP contribution >= 0.6 is 11.6 Å². The predicted octanol–water partition coefficient (Wildman–Crippen LogP) is 3.83. The normalized spacial score (nSPS) is 18.0. The largest absolute Gasteiger partial charge is 0.444 e. The van der Waals surface area contributed by atoms with Crippen LogP contribution in [0, 0.1) is 0 Å². The second kappa shape index (κ2) is 6.87. The van der Waals surface area contributed by atoms with Gasteiger partial charge in [0, 0.05) is 38.2 Å². The van der Waals surface area contributed by atoms with Crippen molar-refractivity contribution in [2.75, 3.05) is 37.4 Å². The van der Waals surface area contributed by atoms with E-state index in [2.05, 4.69) is 5.32 Å². The number of ether oxygens (including phenoxy) is 1. The van der Waals surface area contributed by atoms with Gasteiger partial charge in [0.15, 0.2) is 0 Å². The van der Waals surface area contributed by atoms with Gasteiger partial charge in [-0.2, -0.15) is 0 Å².